The summed E-state index contributed by atoms with van der Waals surface area (Å²) in [6.07, 6.45) is 4.53. The van der Waals surface area contributed by atoms with Gasteiger partial charge in [-0.15, -0.1) is 0 Å². The van der Waals surface area contributed by atoms with Crippen LogP contribution in [0.2, 0.25) is 0 Å². The Bertz CT molecular complexity index is 340. The van der Waals surface area contributed by atoms with Crippen molar-refractivity contribution in [1.29, 1.82) is 0 Å². The average molecular weight is 235 g/mol. The molecule has 0 radical (unpaired) electrons. The molecule has 17 heavy (non-hydrogen) atoms. The van der Waals surface area contributed by atoms with E-state index in [0.29, 0.717) is 6.54 Å². The van der Waals surface area contributed by atoms with Gasteiger partial charge in [0.05, 0.1) is 18.3 Å². The summed E-state index contributed by atoms with van der Waals surface area (Å²) < 4.78 is 0. The van der Waals surface area contributed by atoms with Crippen LogP contribution in [0.25, 0.3) is 0 Å². The topological polar surface area (TPSA) is 59.2 Å². The predicted molar refractivity (Wildman–Crippen MR) is 68.2 cm³/mol. The Morgan fingerprint density at radius 2 is 2.29 bits per heavy atom. The van der Waals surface area contributed by atoms with Gasteiger partial charge < -0.3 is 10.6 Å². The molecule has 1 heterocycles. The van der Waals surface area contributed by atoms with Gasteiger partial charge in [0.2, 0.25) is 5.91 Å². The fourth-order valence-corrected chi connectivity index (χ4v) is 1.64. The third-order valence-electron chi connectivity index (χ3n) is 2.69. The molecule has 0 aliphatic rings. The molecule has 0 saturated heterocycles. The smallest absolute Gasteiger partial charge is 0.239 e. The number of likely N-dealkylation sites (N-methyl/N-ethyl adjacent to an activating group) is 1. The van der Waals surface area contributed by atoms with Gasteiger partial charge in [0.15, 0.2) is 0 Å². The highest BCUT2D eigenvalue weighted by Crippen LogP contribution is 2.04. The molecule has 2 N–H and O–H groups in total. The van der Waals surface area contributed by atoms with Crippen LogP contribution in [0.4, 0.5) is 0 Å². The summed E-state index contributed by atoms with van der Waals surface area (Å²) in [7, 11) is 1.77. The molecule has 1 aromatic rings. The number of pyridine rings is 1. The van der Waals surface area contributed by atoms with E-state index in [1.54, 1.807) is 18.1 Å². The SMILES string of the molecule is CCCC[C@H](N)C(=O)N(C)Cc1ccccn1. The van der Waals surface area contributed by atoms with Gasteiger partial charge in [-0.05, 0) is 18.6 Å². The van der Waals surface area contributed by atoms with Crippen molar-refractivity contribution in [1.82, 2.24) is 9.88 Å². The summed E-state index contributed by atoms with van der Waals surface area (Å²) in [5.74, 6) is -0.0101. The van der Waals surface area contributed by atoms with Gasteiger partial charge >= 0.3 is 0 Å². The maximum Gasteiger partial charge on any atom is 0.239 e. The van der Waals surface area contributed by atoms with Crippen molar-refractivity contribution in [2.75, 3.05) is 7.05 Å². The normalized spacial score (nSPS) is 12.2. The highest BCUT2D eigenvalue weighted by Gasteiger charge is 2.17. The zero-order valence-electron chi connectivity index (χ0n) is 10.6. The first-order valence-electron chi connectivity index (χ1n) is 6.05. The molecule has 0 saturated carbocycles. The number of hydrogen-bond donors (Lipinski definition) is 1. The van der Waals surface area contributed by atoms with E-state index in [4.69, 9.17) is 5.73 Å². The fourth-order valence-electron chi connectivity index (χ4n) is 1.64. The zero-order valence-corrected chi connectivity index (χ0v) is 10.6. The molecule has 0 aliphatic heterocycles. The van der Waals surface area contributed by atoms with Crippen molar-refractivity contribution >= 4 is 5.91 Å². The van der Waals surface area contributed by atoms with Gasteiger partial charge in [0, 0.05) is 13.2 Å². The maximum atomic E-state index is 11.9. The summed E-state index contributed by atoms with van der Waals surface area (Å²) in [5.41, 5.74) is 6.73. The zero-order chi connectivity index (χ0) is 12.7. The molecule has 4 heteroatoms. The van der Waals surface area contributed by atoms with Crippen LogP contribution in [-0.4, -0.2) is 28.9 Å². The lowest BCUT2D eigenvalue weighted by Crippen LogP contribution is -2.41. The molecule has 0 unspecified atom stereocenters. The van der Waals surface area contributed by atoms with Crippen LogP contribution in [0.3, 0.4) is 0 Å². The van der Waals surface area contributed by atoms with Crippen LogP contribution in [-0.2, 0) is 11.3 Å². The van der Waals surface area contributed by atoms with Crippen molar-refractivity contribution < 1.29 is 4.79 Å². The quantitative estimate of drug-likeness (QED) is 0.814. The third-order valence-corrected chi connectivity index (χ3v) is 2.69. The fraction of sp³-hybridized carbons (Fsp3) is 0.538. The van der Waals surface area contributed by atoms with E-state index in [2.05, 4.69) is 11.9 Å². The minimum atomic E-state index is -0.385. The van der Waals surface area contributed by atoms with Gasteiger partial charge in [-0.3, -0.25) is 9.78 Å². The second kappa shape index (κ2) is 7.01. The molecule has 1 aromatic heterocycles. The lowest BCUT2D eigenvalue weighted by molar-refractivity contribution is -0.132. The van der Waals surface area contributed by atoms with Crippen molar-refractivity contribution in [2.24, 2.45) is 5.73 Å². The monoisotopic (exact) mass is 235 g/mol. The number of amides is 1. The van der Waals surface area contributed by atoms with E-state index in [-0.39, 0.29) is 11.9 Å². The van der Waals surface area contributed by atoms with E-state index >= 15 is 0 Å². The van der Waals surface area contributed by atoms with Crippen LogP contribution in [0.15, 0.2) is 24.4 Å². The summed E-state index contributed by atoms with van der Waals surface area (Å²) in [4.78, 5) is 17.8. The molecule has 0 spiro atoms. The van der Waals surface area contributed by atoms with Crippen molar-refractivity contribution in [3.8, 4) is 0 Å². The number of rotatable bonds is 6. The summed E-state index contributed by atoms with van der Waals surface area (Å²) >= 11 is 0. The van der Waals surface area contributed by atoms with Crippen LogP contribution in [0, 0.1) is 0 Å². The predicted octanol–water partition coefficient (Wildman–Crippen LogP) is 1.56. The van der Waals surface area contributed by atoms with Crippen LogP contribution >= 0.6 is 0 Å². The van der Waals surface area contributed by atoms with E-state index < -0.39 is 0 Å². The Kier molecular flexibility index (Phi) is 5.63. The Balaban J connectivity index is 2.47. The van der Waals surface area contributed by atoms with Gasteiger partial charge in [0.1, 0.15) is 0 Å². The number of aromatic nitrogens is 1. The molecule has 0 aliphatic carbocycles. The van der Waals surface area contributed by atoms with E-state index in [9.17, 15) is 4.79 Å². The maximum absolute atomic E-state index is 11.9. The van der Waals surface area contributed by atoms with Gasteiger partial charge in [-0.2, -0.15) is 0 Å². The number of nitrogens with two attached hydrogens (primary N) is 1. The van der Waals surface area contributed by atoms with Crippen LogP contribution in [0.1, 0.15) is 31.9 Å². The Morgan fingerprint density at radius 1 is 1.53 bits per heavy atom. The van der Waals surface area contributed by atoms with Crippen molar-refractivity contribution in [3.63, 3.8) is 0 Å². The van der Waals surface area contributed by atoms with E-state index in [1.807, 2.05) is 18.2 Å². The molecule has 94 valence electrons. The largest absolute Gasteiger partial charge is 0.339 e. The van der Waals surface area contributed by atoms with Gasteiger partial charge in [-0.1, -0.05) is 25.8 Å². The molecular weight excluding hydrogens is 214 g/mol. The van der Waals surface area contributed by atoms with Gasteiger partial charge in [-0.25, -0.2) is 0 Å². The Labute approximate surface area is 103 Å². The summed E-state index contributed by atoms with van der Waals surface area (Å²) in [5, 5.41) is 0. The number of nitrogens with zero attached hydrogens (tertiary/aromatic N) is 2. The standard InChI is InChI=1S/C13H21N3O/c1-3-4-8-12(14)13(17)16(2)10-11-7-5-6-9-15-11/h5-7,9,12H,3-4,8,10,14H2,1-2H3/t12-/m0/s1. The van der Waals surface area contributed by atoms with Crippen LogP contribution < -0.4 is 5.73 Å². The first-order chi connectivity index (χ1) is 8.15. The van der Waals surface area contributed by atoms with Crippen molar-refractivity contribution in [2.45, 2.75) is 38.8 Å². The summed E-state index contributed by atoms with van der Waals surface area (Å²) in [6.45, 7) is 2.61. The van der Waals surface area contributed by atoms with Gasteiger partial charge in [0.25, 0.3) is 0 Å². The van der Waals surface area contributed by atoms with Crippen molar-refractivity contribution in [3.05, 3.63) is 30.1 Å². The lowest BCUT2D eigenvalue weighted by atomic mass is 10.1. The molecule has 1 atom stereocenters. The minimum absolute atomic E-state index is 0.0101. The molecule has 0 fully saturated rings. The average Bonchev–Trinajstić information content (AvgIpc) is 2.36. The highest BCUT2D eigenvalue weighted by atomic mass is 16.2. The summed E-state index contributed by atoms with van der Waals surface area (Å²) in [6, 6.07) is 5.29. The molecule has 1 amide bonds. The van der Waals surface area contributed by atoms with E-state index in [0.717, 1.165) is 25.0 Å². The molecule has 0 aromatic carbocycles. The molecule has 0 bridgehead atoms. The number of unbranched alkanes of at least 4 members (excludes halogenated alkanes) is 1. The molecular formula is C13H21N3O. The number of hydrogen-bond acceptors (Lipinski definition) is 3. The lowest BCUT2D eigenvalue weighted by Gasteiger charge is -2.20. The van der Waals surface area contributed by atoms with Crippen LogP contribution in [0.5, 0.6) is 0 Å². The third kappa shape index (κ3) is 4.53. The molecule has 1 rings (SSSR count). The Hall–Kier alpha value is -1.42. The Morgan fingerprint density at radius 3 is 2.88 bits per heavy atom. The second-order valence-electron chi connectivity index (χ2n) is 4.26. The highest BCUT2D eigenvalue weighted by molar-refractivity contribution is 5.81. The first kappa shape index (κ1) is 13.6. The number of carbonyl (C=O) groups excluding carboxylic acids is 1. The number of carbonyl (C=O) groups is 1. The molecule has 4 nitrogen and oxygen atoms in total. The second-order valence-corrected chi connectivity index (χ2v) is 4.26. The van der Waals surface area contributed by atoms with E-state index in [1.165, 1.54) is 0 Å². The minimum Gasteiger partial charge on any atom is -0.339 e. The first-order valence-corrected chi connectivity index (χ1v) is 6.05.